The van der Waals surface area contributed by atoms with Crippen LogP contribution in [0, 0.1) is 11.8 Å². The number of carbonyl (C=O) groups is 1. The van der Waals surface area contributed by atoms with E-state index in [1.54, 1.807) is 6.92 Å². The molecule has 0 aromatic carbocycles. The van der Waals surface area contributed by atoms with Crippen molar-refractivity contribution in [1.82, 2.24) is 0 Å². The lowest BCUT2D eigenvalue weighted by Gasteiger charge is -2.37. The second-order valence-corrected chi connectivity index (χ2v) is 4.92. The van der Waals surface area contributed by atoms with Crippen LogP contribution in [0.3, 0.4) is 0 Å². The Labute approximate surface area is 113 Å². The van der Waals surface area contributed by atoms with Crippen molar-refractivity contribution in [3.63, 3.8) is 0 Å². The molecule has 0 aromatic heterocycles. The number of hydrogen-bond acceptors (Lipinski definition) is 5. The molecule has 2 rings (SSSR count). The Bertz CT molecular complexity index is 376. The summed E-state index contributed by atoms with van der Waals surface area (Å²) in [6.45, 7) is 3.34. The third-order valence-corrected chi connectivity index (χ3v) is 3.51. The van der Waals surface area contributed by atoms with E-state index in [4.69, 9.17) is 14.2 Å². The molecular formula is C14H20O5. The molecule has 2 aliphatic rings. The molecule has 0 aromatic rings. The van der Waals surface area contributed by atoms with Crippen LogP contribution in [-0.2, 0) is 19.0 Å². The molecular weight excluding hydrogens is 248 g/mol. The highest BCUT2D eigenvalue weighted by Gasteiger charge is 2.44. The highest BCUT2D eigenvalue weighted by Crippen LogP contribution is 2.39. The van der Waals surface area contributed by atoms with Crippen LogP contribution in [0.25, 0.3) is 0 Å². The number of ether oxygens (including phenoxy) is 3. The van der Waals surface area contributed by atoms with Crippen molar-refractivity contribution in [3.8, 4) is 11.8 Å². The van der Waals surface area contributed by atoms with Crippen molar-refractivity contribution >= 4 is 5.97 Å². The Morgan fingerprint density at radius 1 is 1.26 bits per heavy atom. The summed E-state index contributed by atoms with van der Waals surface area (Å²) in [5.74, 6) is 4.63. The molecule has 1 aliphatic carbocycles. The van der Waals surface area contributed by atoms with Crippen molar-refractivity contribution in [2.45, 2.75) is 50.4 Å². The van der Waals surface area contributed by atoms with Crippen molar-refractivity contribution in [3.05, 3.63) is 0 Å². The molecule has 0 unspecified atom stereocenters. The molecule has 19 heavy (non-hydrogen) atoms. The molecule has 1 saturated carbocycles. The van der Waals surface area contributed by atoms with Crippen LogP contribution in [0.5, 0.6) is 0 Å². The average molecular weight is 268 g/mol. The molecule has 1 aliphatic heterocycles. The SMILES string of the molecule is CCOC(=O)CC#CC1(O)CCC2(CC1)OCCO2. The Hall–Kier alpha value is -1.09. The van der Waals surface area contributed by atoms with Gasteiger partial charge in [-0.1, -0.05) is 11.8 Å². The van der Waals surface area contributed by atoms with E-state index in [1.165, 1.54) is 0 Å². The molecule has 1 N–H and O–H groups in total. The largest absolute Gasteiger partial charge is 0.465 e. The summed E-state index contributed by atoms with van der Waals surface area (Å²) in [4.78, 5) is 11.1. The molecule has 0 radical (unpaired) electrons. The zero-order valence-electron chi connectivity index (χ0n) is 11.2. The van der Waals surface area contributed by atoms with Gasteiger partial charge in [0.1, 0.15) is 12.0 Å². The Balaban J connectivity index is 1.84. The minimum atomic E-state index is -1.03. The van der Waals surface area contributed by atoms with Crippen LogP contribution in [0.4, 0.5) is 0 Å². The summed E-state index contributed by atoms with van der Waals surface area (Å²) in [6.07, 6.45) is 2.30. The van der Waals surface area contributed by atoms with E-state index >= 15 is 0 Å². The number of hydrogen-bond donors (Lipinski definition) is 1. The van der Waals surface area contributed by atoms with Gasteiger partial charge in [-0.15, -0.1) is 0 Å². The van der Waals surface area contributed by atoms with Crippen LogP contribution >= 0.6 is 0 Å². The standard InChI is InChI=1S/C14H20O5/c1-2-17-12(15)4-3-5-13(16)6-8-14(9-7-13)18-10-11-19-14/h16H,2,4,6-11H2,1H3. The van der Waals surface area contributed by atoms with Gasteiger partial charge in [0.2, 0.25) is 0 Å². The summed E-state index contributed by atoms with van der Waals surface area (Å²) >= 11 is 0. The van der Waals surface area contributed by atoms with Crippen LogP contribution in [0.15, 0.2) is 0 Å². The predicted octanol–water partition coefficient (Wildman–Crippen LogP) is 0.991. The minimum Gasteiger partial charge on any atom is -0.465 e. The highest BCUT2D eigenvalue weighted by atomic mass is 16.7. The monoisotopic (exact) mass is 268 g/mol. The topological polar surface area (TPSA) is 65.0 Å². The fourth-order valence-electron chi connectivity index (χ4n) is 2.45. The molecule has 2 fully saturated rings. The van der Waals surface area contributed by atoms with Crippen LogP contribution in [0.2, 0.25) is 0 Å². The first kappa shape index (κ1) is 14.3. The molecule has 5 nitrogen and oxygen atoms in total. The fraction of sp³-hybridized carbons (Fsp3) is 0.786. The molecule has 0 amide bonds. The van der Waals surface area contributed by atoms with Crippen LogP contribution < -0.4 is 0 Å². The van der Waals surface area contributed by atoms with Crippen molar-refractivity contribution in [2.24, 2.45) is 0 Å². The summed E-state index contributed by atoms with van der Waals surface area (Å²) in [5.41, 5.74) is -1.03. The van der Waals surface area contributed by atoms with Gasteiger partial charge < -0.3 is 19.3 Å². The molecule has 1 spiro atoms. The van der Waals surface area contributed by atoms with Gasteiger partial charge in [-0.2, -0.15) is 0 Å². The van der Waals surface area contributed by atoms with Gasteiger partial charge in [0.25, 0.3) is 0 Å². The molecule has 0 atom stereocenters. The number of rotatable bonds is 2. The predicted molar refractivity (Wildman–Crippen MR) is 67.1 cm³/mol. The Morgan fingerprint density at radius 2 is 1.89 bits per heavy atom. The van der Waals surface area contributed by atoms with Crippen LogP contribution in [-0.4, -0.2) is 42.3 Å². The van der Waals surface area contributed by atoms with Gasteiger partial charge in [0, 0.05) is 12.8 Å². The fourth-order valence-corrected chi connectivity index (χ4v) is 2.45. The normalized spacial score (nSPS) is 23.7. The number of aliphatic hydroxyl groups is 1. The maximum atomic E-state index is 11.1. The zero-order valence-corrected chi connectivity index (χ0v) is 11.2. The second kappa shape index (κ2) is 5.91. The third-order valence-electron chi connectivity index (χ3n) is 3.51. The van der Waals surface area contributed by atoms with E-state index < -0.39 is 11.4 Å². The van der Waals surface area contributed by atoms with Crippen molar-refractivity contribution < 1.29 is 24.1 Å². The van der Waals surface area contributed by atoms with E-state index in [1.807, 2.05) is 0 Å². The highest BCUT2D eigenvalue weighted by molar-refractivity contribution is 5.72. The Kier molecular flexibility index (Phi) is 4.46. The van der Waals surface area contributed by atoms with E-state index in [0.29, 0.717) is 45.5 Å². The summed E-state index contributed by atoms with van der Waals surface area (Å²) in [5, 5.41) is 10.3. The van der Waals surface area contributed by atoms with E-state index in [2.05, 4.69) is 11.8 Å². The summed E-state index contributed by atoms with van der Waals surface area (Å²) < 4.78 is 16.0. The zero-order chi connectivity index (χ0) is 13.8. The smallest absolute Gasteiger partial charge is 0.317 e. The minimum absolute atomic E-state index is 0.0221. The third kappa shape index (κ3) is 3.69. The second-order valence-electron chi connectivity index (χ2n) is 4.92. The first-order valence-corrected chi connectivity index (χ1v) is 6.73. The molecule has 5 heteroatoms. The van der Waals surface area contributed by atoms with Crippen molar-refractivity contribution in [2.75, 3.05) is 19.8 Å². The van der Waals surface area contributed by atoms with E-state index in [-0.39, 0.29) is 12.4 Å². The summed E-state index contributed by atoms with van der Waals surface area (Å²) in [6, 6.07) is 0. The van der Waals surface area contributed by atoms with Gasteiger partial charge in [0.05, 0.1) is 19.8 Å². The quantitative estimate of drug-likeness (QED) is 0.597. The van der Waals surface area contributed by atoms with Gasteiger partial charge >= 0.3 is 5.97 Å². The van der Waals surface area contributed by atoms with Crippen molar-refractivity contribution in [1.29, 1.82) is 0 Å². The summed E-state index contributed by atoms with van der Waals surface area (Å²) in [7, 11) is 0. The maximum absolute atomic E-state index is 11.1. The lowest BCUT2D eigenvalue weighted by Crippen LogP contribution is -2.42. The maximum Gasteiger partial charge on any atom is 0.317 e. The van der Waals surface area contributed by atoms with Crippen LogP contribution in [0.1, 0.15) is 39.0 Å². The lowest BCUT2D eigenvalue weighted by atomic mass is 9.81. The molecule has 0 bridgehead atoms. The van der Waals surface area contributed by atoms with E-state index in [0.717, 1.165) is 0 Å². The number of esters is 1. The Morgan fingerprint density at radius 3 is 2.47 bits per heavy atom. The average Bonchev–Trinajstić information content (AvgIpc) is 2.83. The molecule has 106 valence electrons. The first-order valence-electron chi connectivity index (χ1n) is 6.73. The van der Waals surface area contributed by atoms with Gasteiger partial charge in [-0.25, -0.2) is 0 Å². The van der Waals surface area contributed by atoms with Gasteiger partial charge in [0.15, 0.2) is 5.79 Å². The lowest BCUT2D eigenvalue weighted by molar-refractivity contribution is -0.195. The molecule has 1 saturated heterocycles. The molecule has 1 heterocycles. The van der Waals surface area contributed by atoms with Gasteiger partial charge in [-0.05, 0) is 19.8 Å². The van der Waals surface area contributed by atoms with Gasteiger partial charge in [-0.3, -0.25) is 4.79 Å². The first-order chi connectivity index (χ1) is 9.08. The number of carbonyl (C=O) groups excluding carboxylic acids is 1. The van der Waals surface area contributed by atoms with E-state index in [9.17, 15) is 9.90 Å².